The van der Waals surface area contributed by atoms with E-state index in [1.165, 1.54) is 0 Å². The molecule has 2 aromatic carbocycles. The Morgan fingerprint density at radius 3 is 2.73 bits per heavy atom. The fourth-order valence-corrected chi connectivity index (χ4v) is 3.42. The second kappa shape index (κ2) is 8.01. The summed E-state index contributed by atoms with van der Waals surface area (Å²) in [6.45, 7) is 0.441. The van der Waals surface area contributed by atoms with Gasteiger partial charge in [-0.05, 0) is 30.3 Å². The molecule has 134 valence electrons. The van der Waals surface area contributed by atoms with Gasteiger partial charge < -0.3 is 14.4 Å². The van der Waals surface area contributed by atoms with Crippen molar-refractivity contribution in [2.24, 2.45) is 0 Å². The van der Waals surface area contributed by atoms with Gasteiger partial charge in [-0.2, -0.15) is 0 Å². The Balaban J connectivity index is 1.69. The number of hydrogen-bond donors (Lipinski definition) is 0. The van der Waals surface area contributed by atoms with E-state index in [1.54, 1.807) is 49.7 Å². The topological polar surface area (TPSA) is 51.7 Å². The van der Waals surface area contributed by atoms with Gasteiger partial charge in [-0.1, -0.05) is 12.1 Å². The van der Waals surface area contributed by atoms with Crippen molar-refractivity contribution >= 4 is 33.5 Å². The molecule has 0 bridgehead atoms. The highest BCUT2D eigenvalue weighted by Crippen LogP contribution is 2.26. The highest BCUT2D eigenvalue weighted by molar-refractivity contribution is 7.19. The number of benzene rings is 2. The highest BCUT2D eigenvalue weighted by Gasteiger charge is 2.11. The van der Waals surface area contributed by atoms with Crippen LogP contribution in [0.25, 0.3) is 16.3 Å². The van der Waals surface area contributed by atoms with Gasteiger partial charge in [0.1, 0.15) is 16.5 Å². The number of likely N-dealkylation sites (N-methyl/N-ethyl adjacent to an activating group) is 1. The summed E-state index contributed by atoms with van der Waals surface area (Å²) in [4.78, 5) is 18.5. The summed E-state index contributed by atoms with van der Waals surface area (Å²) in [5, 5.41) is 0.815. The first-order valence-electron chi connectivity index (χ1n) is 8.10. The van der Waals surface area contributed by atoms with E-state index in [4.69, 9.17) is 9.47 Å². The third-order valence-corrected chi connectivity index (χ3v) is 4.96. The number of methoxy groups -OCH3 is 2. The molecule has 0 atom stereocenters. The zero-order valence-electron chi connectivity index (χ0n) is 14.9. The van der Waals surface area contributed by atoms with E-state index >= 15 is 0 Å². The molecule has 0 saturated heterocycles. The average molecular weight is 368 g/mol. The van der Waals surface area contributed by atoms with Crippen molar-refractivity contribution in [3.8, 4) is 11.5 Å². The lowest BCUT2D eigenvalue weighted by Crippen LogP contribution is -2.24. The summed E-state index contributed by atoms with van der Waals surface area (Å²) >= 11 is 1.56. The largest absolute Gasteiger partial charge is 0.497 e. The van der Waals surface area contributed by atoms with Gasteiger partial charge in [0, 0.05) is 31.3 Å². The summed E-state index contributed by atoms with van der Waals surface area (Å²) < 4.78 is 11.7. The van der Waals surface area contributed by atoms with Crippen molar-refractivity contribution in [2.75, 3.05) is 21.3 Å². The predicted octanol–water partition coefficient (Wildman–Crippen LogP) is 3.99. The minimum Gasteiger partial charge on any atom is -0.497 e. The number of carbonyl (C=O) groups is 1. The SMILES string of the molecule is COc1ccc(CN(C)C(=O)/C=C/c2nc3ccccc3s2)c(OC)c1. The quantitative estimate of drug-likeness (QED) is 0.618. The van der Waals surface area contributed by atoms with Crippen LogP contribution in [0, 0.1) is 0 Å². The fourth-order valence-electron chi connectivity index (χ4n) is 2.55. The average Bonchev–Trinajstić information content (AvgIpc) is 3.09. The van der Waals surface area contributed by atoms with Crippen LogP contribution in [0.4, 0.5) is 0 Å². The molecular weight excluding hydrogens is 348 g/mol. The van der Waals surface area contributed by atoms with E-state index in [9.17, 15) is 4.79 Å². The molecule has 0 N–H and O–H groups in total. The van der Waals surface area contributed by atoms with Crippen molar-refractivity contribution in [2.45, 2.75) is 6.54 Å². The Morgan fingerprint density at radius 2 is 2.00 bits per heavy atom. The number of nitrogens with zero attached hydrogens (tertiary/aromatic N) is 2. The lowest BCUT2D eigenvalue weighted by molar-refractivity contribution is -0.125. The van der Waals surface area contributed by atoms with Crippen molar-refractivity contribution < 1.29 is 14.3 Å². The van der Waals surface area contributed by atoms with Crippen molar-refractivity contribution in [1.82, 2.24) is 9.88 Å². The maximum absolute atomic E-state index is 12.4. The number of rotatable bonds is 6. The van der Waals surface area contributed by atoms with Gasteiger partial charge in [0.25, 0.3) is 0 Å². The number of amides is 1. The predicted molar refractivity (Wildman–Crippen MR) is 105 cm³/mol. The molecule has 1 aromatic heterocycles. The number of hydrogen-bond acceptors (Lipinski definition) is 5. The highest BCUT2D eigenvalue weighted by atomic mass is 32.1. The van der Waals surface area contributed by atoms with Gasteiger partial charge in [-0.25, -0.2) is 4.98 Å². The monoisotopic (exact) mass is 368 g/mol. The van der Waals surface area contributed by atoms with Crippen molar-refractivity contribution in [3.05, 3.63) is 59.1 Å². The maximum atomic E-state index is 12.4. The van der Waals surface area contributed by atoms with Gasteiger partial charge in [-0.15, -0.1) is 11.3 Å². The zero-order valence-corrected chi connectivity index (χ0v) is 15.7. The summed E-state index contributed by atoms with van der Waals surface area (Å²) in [7, 11) is 4.97. The summed E-state index contributed by atoms with van der Waals surface area (Å²) in [5.41, 5.74) is 1.86. The minimum absolute atomic E-state index is 0.0953. The van der Waals surface area contributed by atoms with Crippen LogP contribution in [-0.2, 0) is 11.3 Å². The molecule has 0 aliphatic heterocycles. The molecule has 0 aliphatic rings. The molecule has 1 amide bonds. The Morgan fingerprint density at radius 1 is 1.19 bits per heavy atom. The second-order valence-electron chi connectivity index (χ2n) is 5.73. The van der Waals surface area contributed by atoms with Crippen LogP contribution >= 0.6 is 11.3 Å². The lowest BCUT2D eigenvalue weighted by atomic mass is 10.1. The smallest absolute Gasteiger partial charge is 0.246 e. The molecule has 0 fully saturated rings. The number of carbonyl (C=O) groups excluding carboxylic acids is 1. The third kappa shape index (κ3) is 4.03. The van der Waals surface area contributed by atoms with Crippen LogP contribution in [0.2, 0.25) is 0 Å². The first kappa shape index (κ1) is 17.9. The van der Waals surface area contributed by atoms with Gasteiger partial charge in [-0.3, -0.25) is 4.79 Å². The summed E-state index contributed by atoms with van der Waals surface area (Å²) in [6.07, 6.45) is 3.31. The number of para-hydroxylation sites is 1. The Bertz CT molecular complexity index is 916. The lowest BCUT2D eigenvalue weighted by Gasteiger charge is -2.17. The van der Waals surface area contributed by atoms with Gasteiger partial charge in [0.15, 0.2) is 0 Å². The van der Waals surface area contributed by atoms with Crippen LogP contribution in [0.5, 0.6) is 11.5 Å². The number of aromatic nitrogens is 1. The van der Waals surface area contributed by atoms with E-state index < -0.39 is 0 Å². The van der Waals surface area contributed by atoms with Crippen molar-refractivity contribution in [3.63, 3.8) is 0 Å². The van der Waals surface area contributed by atoms with E-state index in [-0.39, 0.29) is 5.91 Å². The van der Waals surface area contributed by atoms with Crippen LogP contribution in [0.3, 0.4) is 0 Å². The Labute approximate surface area is 156 Å². The molecule has 5 nitrogen and oxygen atoms in total. The van der Waals surface area contributed by atoms with E-state index in [0.29, 0.717) is 12.3 Å². The molecule has 3 aromatic rings. The summed E-state index contributed by atoms with van der Waals surface area (Å²) in [5.74, 6) is 1.32. The molecule has 0 spiro atoms. The molecule has 1 heterocycles. The van der Waals surface area contributed by atoms with Gasteiger partial charge in [0.05, 0.1) is 24.4 Å². The van der Waals surface area contributed by atoms with Crippen molar-refractivity contribution in [1.29, 1.82) is 0 Å². The third-order valence-electron chi connectivity index (χ3n) is 3.96. The molecule has 6 heteroatoms. The van der Waals surface area contributed by atoms with Crippen LogP contribution in [0.1, 0.15) is 10.6 Å². The zero-order chi connectivity index (χ0) is 18.5. The number of thiazole rings is 1. The number of ether oxygens (including phenoxy) is 2. The van der Waals surface area contributed by atoms with Crippen LogP contribution in [-0.4, -0.2) is 37.1 Å². The first-order valence-corrected chi connectivity index (χ1v) is 8.92. The molecule has 0 aliphatic carbocycles. The second-order valence-corrected chi connectivity index (χ2v) is 6.79. The standard InChI is InChI=1S/C20H20N2O3S/c1-22(13-14-8-9-15(24-2)12-17(14)25-3)20(23)11-10-19-21-16-6-4-5-7-18(16)26-19/h4-12H,13H2,1-3H3/b11-10+. The van der Waals surface area contributed by atoms with Crippen LogP contribution < -0.4 is 9.47 Å². The van der Waals surface area contributed by atoms with Crippen LogP contribution in [0.15, 0.2) is 48.5 Å². The minimum atomic E-state index is -0.0953. The Hall–Kier alpha value is -2.86. The molecule has 0 saturated carbocycles. The van der Waals surface area contributed by atoms with E-state index in [0.717, 1.165) is 26.5 Å². The molecule has 3 rings (SSSR count). The number of fused-ring (bicyclic) bond motifs is 1. The first-order chi connectivity index (χ1) is 12.6. The van der Waals surface area contributed by atoms with Gasteiger partial charge in [0.2, 0.25) is 5.91 Å². The Kier molecular flexibility index (Phi) is 5.53. The maximum Gasteiger partial charge on any atom is 0.246 e. The molecular formula is C20H20N2O3S. The molecule has 0 radical (unpaired) electrons. The van der Waals surface area contributed by atoms with E-state index in [2.05, 4.69) is 4.98 Å². The molecule has 0 unspecified atom stereocenters. The van der Waals surface area contributed by atoms with Gasteiger partial charge >= 0.3 is 0 Å². The molecule has 26 heavy (non-hydrogen) atoms. The van der Waals surface area contributed by atoms with E-state index in [1.807, 2.05) is 42.5 Å². The summed E-state index contributed by atoms with van der Waals surface area (Å²) in [6, 6.07) is 13.5. The normalized spacial score (nSPS) is 11.0. The fraction of sp³-hybridized carbons (Fsp3) is 0.200.